The Labute approximate surface area is 202 Å². The average Bonchev–Trinajstić information content (AvgIpc) is 3.47. The zero-order valence-corrected chi connectivity index (χ0v) is 20.2. The van der Waals surface area contributed by atoms with E-state index < -0.39 is 0 Å². The number of ether oxygens (including phenoxy) is 3. The highest BCUT2D eigenvalue weighted by atomic mass is 16.7. The van der Waals surface area contributed by atoms with Crippen LogP contribution in [0.5, 0.6) is 11.5 Å². The lowest BCUT2D eigenvalue weighted by Crippen LogP contribution is -2.52. The Morgan fingerprint density at radius 1 is 1.15 bits per heavy atom. The van der Waals surface area contributed by atoms with Crippen LogP contribution in [0.1, 0.15) is 44.1 Å². The number of likely N-dealkylation sites (tertiary alicyclic amines) is 1. The molecule has 3 saturated heterocycles. The van der Waals surface area contributed by atoms with E-state index in [2.05, 4.69) is 4.90 Å². The second-order valence-corrected chi connectivity index (χ2v) is 10.1. The normalized spacial score (nSPS) is 26.6. The van der Waals surface area contributed by atoms with Gasteiger partial charge in [0.1, 0.15) is 0 Å². The Bertz CT molecular complexity index is 891. The molecule has 34 heavy (non-hydrogen) atoms. The van der Waals surface area contributed by atoms with Crippen molar-refractivity contribution in [2.75, 3.05) is 53.2 Å². The molecule has 1 aromatic rings. The lowest BCUT2D eigenvalue weighted by atomic mass is 9.83. The summed E-state index contributed by atoms with van der Waals surface area (Å²) >= 11 is 0. The molecule has 5 rings (SSSR count). The van der Waals surface area contributed by atoms with E-state index in [1.54, 1.807) is 12.0 Å². The minimum atomic E-state index is -0.288. The van der Waals surface area contributed by atoms with E-state index in [1.807, 2.05) is 23.1 Å². The molecule has 4 aliphatic rings. The second-order valence-electron chi connectivity index (χ2n) is 10.1. The smallest absolute Gasteiger partial charge is 0.231 e. The van der Waals surface area contributed by atoms with Gasteiger partial charge in [0.05, 0.1) is 12.5 Å². The highest BCUT2D eigenvalue weighted by Gasteiger charge is 2.39. The zero-order valence-electron chi connectivity index (χ0n) is 20.2. The minimum Gasteiger partial charge on any atom is -0.454 e. The van der Waals surface area contributed by atoms with Crippen LogP contribution in [-0.2, 0) is 20.9 Å². The van der Waals surface area contributed by atoms with Crippen LogP contribution in [0, 0.1) is 11.8 Å². The van der Waals surface area contributed by atoms with Crippen molar-refractivity contribution in [2.24, 2.45) is 11.8 Å². The zero-order chi connectivity index (χ0) is 23.5. The number of piperidine rings is 2. The van der Waals surface area contributed by atoms with Gasteiger partial charge in [0.15, 0.2) is 11.5 Å². The minimum absolute atomic E-state index is 0.0406. The largest absolute Gasteiger partial charge is 0.454 e. The summed E-state index contributed by atoms with van der Waals surface area (Å²) in [6.45, 7) is 5.45. The lowest BCUT2D eigenvalue weighted by Gasteiger charge is -2.46. The van der Waals surface area contributed by atoms with Crippen LogP contribution in [0.4, 0.5) is 0 Å². The first-order valence-corrected chi connectivity index (χ1v) is 12.8. The van der Waals surface area contributed by atoms with Crippen molar-refractivity contribution in [3.63, 3.8) is 0 Å². The van der Waals surface area contributed by atoms with Crippen molar-refractivity contribution < 1.29 is 23.8 Å². The molecule has 4 aliphatic heterocycles. The number of carbonyl (C=O) groups is 2. The van der Waals surface area contributed by atoms with Gasteiger partial charge in [-0.3, -0.25) is 9.59 Å². The third-order valence-electron chi connectivity index (χ3n) is 7.93. The van der Waals surface area contributed by atoms with Crippen molar-refractivity contribution in [1.29, 1.82) is 0 Å². The molecule has 0 spiro atoms. The van der Waals surface area contributed by atoms with Crippen LogP contribution >= 0.6 is 0 Å². The molecule has 4 heterocycles. The van der Waals surface area contributed by atoms with E-state index in [9.17, 15) is 9.59 Å². The molecule has 8 nitrogen and oxygen atoms in total. The first-order valence-electron chi connectivity index (χ1n) is 12.8. The fourth-order valence-corrected chi connectivity index (χ4v) is 6.17. The highest BCUT2D eigenvalue weighted by molar-refractivity contribution is 5.89. The van der Waals surface area contributed by atoms with Crippen molar-refractivity contribution >= 4 is 11.8 Å². The van der Waals surface area contributed by atoms with Crippen LogP contribution < -0.4 is 9.47 Å². The van der Waals surface area contributed by atoms with Gasteiger partial charge in [-0.05, 0) is 62.4 Å². The van der Waals surface area contributed by atoms with Crippen LogP contribution in [0.3, 0.4) is 0 Å². The summed E-state index contributed by atoms with van der Waals surface area (Å²) in [5.41, 5.74) is 0.988. The maximum Gasteiger partial charge on any atom is 0.231 e. The van der Waals surface area contributed by atoms with Crippen molar-refractivity contribution in [3.8, 4) is 11.5 Å². The number of fused-ring (bicyclic) bond motifs is 2. The van der Waals surface area contributed by atoms with Crippen LogP contribution in [0.25, 0.3) is 0 Å². The van der Waals surface area contributed by atoms with Crippen LogP contribution in [0.2, 0.25) is 0 Å². The van der Waals surface area contributed by atoms with Crippen LogP contribution in [0.15, 0.2) is 18.2 Å². The molecular formula is C26H37N3O5. The molecule has 0 bridgehead atoms. The first-order chi connectivity index (χ1) is 16.6. The molecule has 186 valence electrons. The van der Waals surface area contributed by atoms with E-state index in [0.29, 0.717) is 44.0 Å². The molecule has 2 amide bonds. The number of amides is 2. The van der Waals surface area contributed by atoms with Gasteiger partial charge in [-0.2, -0.15) is 0 Å². The summed E-state index contributed by atoms with van der Waals surface area (Å²) in [5, 5.41) is 0. The van der Waals surface area contributed by atoms with Gasteiger partial charge in [-0.1, -0.05) is 12.5 Å². The maximum absolute atomic E-state index is 13.6. The Morgan fingerprint density at radius 2 is 2.00 bits per heavy atom. The Morgan fingerprint density at radius 3 is 2.88 bits per heavy atom. The number of hydrogen-bond acceptors (Lipinski definition) is 6. The lowest BCUT2D eigenvalue weighted by molar-refractivity contribution is -0.137. The summed E-state index contributed by atoms with van der Waals surface area (Å²) in [6, 6.07) is 6.36. The molecule has 0 saturated carbocycles. The summed E-state index contributed by atoms with van der Waals surface area (Å²) in [7, 11) is 1.68. The fourth-order valence-electron chi connectivity index (χ4n) is 6.17. The van der Waals surface area contributed by atoms with Gasteiger partial charge >= 0.3 is 0 Å². The fraction of sp³-hybridized carbons (Fsp3) is 0.692. The van der Waals surface area contributed by atoms with Gasteiger partial charge in [0.2, 0.25) is 18.6 Å². The van der Waals surface area contributed by atoms with Gasteiger partial charge in [-0.15, -0.1) is 0 Å². The van der Waals surface area contributed by atoms with Crippen molar-refractivity contribution in [3.05, 3.63) is 23.8 Å². The molecule has 0 radical (unpaired) electrons. The van der Waals surface area contributed by atoms with Gasteiger partial charge in [-0.25, -0.2) is 0 Å². The number of carbonyl (C=O) groups excluding carboxylic acids is 2. The van der Waals surface area contributed by atoms with Crippen LogP contribution in [-0.4, -0.2) is 85.8 Å². The number of benzene rings is 1. The molecule has 1 aromatic carbocycles. The Balaban J connectivity index is 1.23. The number of methoxy groups -OCH3 is 1. The van der Waals surface area contributed by atoms with Crippen molar-refractivity contribution in [1.82, 2.24) is 14.7 Å². The Hall–Kier alpha value is -2.32. The third-order valence-corrected chi connectivity index (χ3v) is 7.93. The van der Waals surface area contributed by atoms with Crippen molar-refractivity contribution in [2.45, 2.75) is 51.1 Å². The molecule has 0 aliphatic carbocycles. The summed E-state index contributed by atoms with van der Waals surface area (Å²) in [4.78, 5) is 32.9. The van der Waals surface area contributed by atoms with Gasteiger partial charge in [0.25, 0.3) is 0 Å². The van der Waals surface area contributed by atoms with E-state index in [-0.39, 0.29) is 30.9 Å². The molecular weight excluding hydrogens is 434 g/mol. The summed E-state index contributed by atoms with van der Waals surface area (Å²) < 4.78 is 16.2. The molecule has 3 atom stereocenters. The SMILES string of the molecule is COCCN(C[C@@H]1CCCN2CCCC[C@H]12)C(=O)[C@@H]1CC(=O)N(Cc2ccc3c(c2)OCO3)C1. The second kappa shape index (κ2) is 10.5. The summed E-state index contributed by atoms with van der Waals surface area (Å²) in [5.74, 6) is 1.82. The number of nitrogens with zero attached hydrogens (tertiary/aromatic N) is 3. The number of rotatable bonds is 8. The monoisotopic (exact) mass is 471 g/mol. The summed E-state index contributed by atoms with van der Waals surface area (Å²) in [6.07, 6.45) is 6.49. The third kappa shape index (κ3) is 5.03. The van der Waals surface area contributed by atoms with Gasteiger partial charge in [0, 0.05) is 45.8 Å². The molecule has 8 heteroatoms. The number of hydrogen-bond donors (Lipinski definition) is 0. The maximum atomic E-state index is 13.6. The van der Waals surface area contributed by atoms with E-state index in [0.717, 1.165) is 17.9 Å². The predicted molar refractivity (Wildman–Crippen MR) is 126 cm³/mol. The average molecular weight is 472 g/mol. The highest BCUT2D eigenvalue weighted by Crippen LogP contribution is 2.34. The predicted octanol–water partition coefficient (Wildman–Crippen LogP) is 2.50. The standard InChI is InChI=1S/C26H37N3O5/c1-32-12-11-28(16-20-5-4-10-27-9-3-2-6-22(20)27)26(31)21-14-25(30)29(17-21)15-19-7-8-23-24(13-19)34-18-33-23/h7-8,13,20-22H,2-6,9-12,14-18H2,1H3/t20-,21+,22+/m0/s1. The van der Waals surface area contributed by atoms with E-state index in [1.165, 1.54) is 45.2 Å². The topological polar surface area (TPSA) is 71.6 Å². The molecule has 0 unspecified atom stereocenters. The Kier molecular flexibility index (Phi) is 7.25. The first kappa shape index (κ1) is 23.4. The molecule has 0 N–H and O–H groups in total. The van der Waals surface area contributed by atoms with Gasteiger partial charge < -0.3 is 28.9 Å². The molecule has 0 aromatic heterocycles. The quantitative estimate of drug-likeness (QED) is 0.580. The molecule has 3 fully saturated rings. The van der Waals surface area contributed by atoms with E-state index in [4.69, 9.17) is 14.2 Å². The van der Waals surface area contributed by atoms with E-state index >= 15 is 0 Å².